The molecule has 0 unspecified atom stereocenters. The molecule has 11 heteroatoms. The quantitative estimate of drug-likeness (QED) is 0.188. The first-order valence-corrected chi connectivity index (χ1v) is 15.7. The van der Waals surface area contributed by atoms with Gasteiger partial charge in [-0.05, 0) is 61.4 Å². The van der Waals surface area contributed by atoms with Crippen molar-refractivity contribution in [1.82, 2.24) is 0 Å². The summed E-state index contributed by atoms with van der Waals surface area (Å²) in [7, 11) is -7.34. The predicted molar refractivity (Wildman–Crippen MR) is 160 cm³/mol. The van der Waals surface area contributed by atoms with E-state index in [1.165, 1.54) is 12.1 Å². The van der Waals surface area contributed by atoms with E-state index in [4.69, 9.17) is 0 Å². The van der Waals surface area contributed by atoms with Crippen LogP contribution in [0.2, 0.25) is 0 Å². The molecule has 4 aromatic carbocycles. The van der Waals surface area contributed by atoms with Gasteiger partial charge in [0, 0.05) is 11.4 Å². The van der Waals surface area contributed by atoms with E-state index >= 15 is 0 Å². The van der Waals surface area contributed by atoms with E-state index in [9.17, 15) is 21.6 Å². The van der Waals surface area contributed by atoms with Gasteiger partial charge < -0.3 is 10.6 Å². The fourth-order valence-corrected chi connectivity index (χ4v) is 6.23. The number of carbonyl (C=O) groups is 1. The van der Waals surface area contributed by atoms with Crippen LogP contribution >= 0.6 is 0 Å². The molecule has 0 aliphatic rings. The molecule has 0 fully saturated rings. The second kappa shape index (κ2) is 12.2. The van der Waals surface area contributed by atoms with Crippen molar-refractivity contribution in [2.45, 2.75) is 25.4 Å². The molecule has 0 aliphatic carbocycles. The van der Waals surface area contributed by atoms with Crippen LogP contribution in [0.4, 0.5) is 27.5 Å². The van der Waals surface area contributed by atoms with Gasteiger partial charge in [0.2, 0.25) is 20.0 Å². The number of hydrogen-bond acceptors (Lipinski definition) is 5. The van der Waals surface area contributed by atoms with Crippen molar-refractivity contribution < 1.29 is 21.6 Å². The first-order chi connectivity index (χ1) is 18.9. The largest absolute Gasteiger partial charge is 0.323 e. The molecule has 0 radical (unpaired) electrons. The van der Waals surface area contributed by atoms with Crippen LogP contribution in [0, 0.1) is 13.8 Å². The second-order valence-electron chi connectivity index (χ2n) is 9.43. The minimum absolute atomic E-state index is 0.184. The van der Waals surface area contributed by atoms with E-state index in [0.717, 1.165) is 11.1 Å². The van der Waals surface area contributed by atoms with Crippen LogP contribution in [-0.2, 0) is 31.6 Å². The maximum Gasteiger partial charge on any atom is 0.323 e. The average Bonchev–Trinajstić information content (AvgIpc) is 2.86. The fourth-order valence-electron chi connectivity index (χ4n) is 3.85. The summed E-state index contributed by atoms with van der Waals surface area (Å²) in [6.07, 6.45) is 0. The van der Waals surface area contributed by atoms with Crippen molar-refractivity contribution in [2.75, 3.05) is 20.1 Å². The van der Waals surface area contributed by atoms with Gasteiger partial charge in [0.1, 0.15) is 0 Å². The van der Waals surface area contributed by atoms with Crippen LogP contribution in [0.15, 0.2) is 97.1 Å². The Kier molecular flexibility index (Phi) is 8.76. The number of rotatable bonds is 10. The Morgan fingerprint density at radius 1 is 0.550 bits per heavy atom. The smallest absolute Gasteiger partial charge is 0.308 e. The van der Waals surface area contributed by atoms with Crippen molar-refractivity contribution in [3.05, 3.63) is 119 Å². The van der Waals surface area contributed by atoms with Crippen molar-refractivity contribution in [3.63, 3.8) is 0 Å². The van der Waals surface area contributed by atoms with Crippen LogP contribution < -0.4 is 20.1 Å². The van der Waals surface area contributed by atoms with E-state index in [1.807, 2.05) is 38.1 Å². The van der Waals surface area contributed by atoms with Gasteiger partial charge in [-0.3, -0.25) is 9.44 Å². The topological polar surface area (TPSA) is 133 Å². The van der Waals surface area contributed by atoms with Gasteiger partial charge in [-0.25, -0.2) is 21.6 Å². The molecule has 0 aromatic heterocycles. The molecule has 208 valence electrons. The Morgan fingerprint density at radius 2 is 0.900 bits per heavy atom. The molecule has 0 aliphatic heterocycles. The van der Waals surface area contributed by atoms with Gasteiger partial charge in [0.05, 0.1) is 22.9 Å². The maximum atomic E-state index is 12.6. The summed E-state index contributed by atoms with van der Waals surface area (Å²) in [6.45, 7) is 3.86. The number of sulfonamides is 2. The summed E-state index contributed by atoms with van der Waals surface area (Å²) in [4.78, 5) is 12.6. The minimum atomic E-state index is -3.67. The number of benzene rings is 4. The Balaban J connectivity index is 1.35. The van der Waals surface area contributed by atoms with Crippen molar-refractivity contribution in [2.24, 2.45) is 0 Å². The van der Waals surface area contributed by atoms with Gasteiger partial charge in [-0.2, -0.15) is 0 Å². The number of nitrogens with one attached hydrogen (secondary N) is 4. The molecule has 0 heterocycles. The molecule has 4 rings (SSSR count). The SMILES string of the molecule is Cc1ccc(CS(=O)(=O)Nc2cccc(NC(=O)Nc3cccc(NS(=O)(=O)Cc4ccc(C)cc4)c3)c2)cc1. The number of urea groups is 1. The first kappa shape index (κ1) is 28.7. The fraction of sp³-hybridized carbons (Fsp3) is 0.138. The Morgan fingerprint density at radius 3 is 1.27 bits per heavy atom. The predicted octanol–water partition coefficient (Wildman–Crippen LogP) is 5.83. The zero-order valence-electron chi connectivity index (χ0n) is 22.0. The zero-order chi connectivity index (χ0) is 28.8. The molecule has 9 nitrogen and oxygen atoms in total. The number of anilines is 4. The highest BCUT2D eigenvalue weighted by Gasteiger charge is 2.14. The molecular formula is C29H30N4O5S2. The standard InChI is InChI=1S/C29H30N4O5S2/c1-21-9-13-23(14-10-21)19-39(35,36)32-27-7-3-5-25(17-27)30-29(34)31-26-6-4-8-28(18-26)33-40(37,38)20-24-15-11-22(2)12-16-24/h3-18,32-33H,19-20H2,1-2H3,(H2,30,31,34). The summed E-state index contributed by atoms with van der Waals surface area (Å²) < 4.78 is 55.5. The van der Waals surface area contributed by atoms with E-state index < -0.39 is 26.1 Å². The van der Waals surface area contributed by atoms with Crippen molar-refractivity contribution in [1.29, 1.82) is 0 Å². The highest BCUT2D eigenvalue weighted by Crippen LogP contribution is 2.21. The van der Waals surface area contributed by atoms with Gasteiger partial charge in [0.25, 0.3) is 0 Å². The third kappa shape index (κ3) is 8.85. The van der Waals surface area contributed by atoms with Crippen molar-refractivity contribution >= 4 is 48.8 Å². The van der Waals surface area contributed by atoms with Gasteiger partial charge in [-0.1, -0.05) is 71.8 Å². The molecule has 0 atom stereocenters. The second-order valence-corrected chi connectivity index (χ2v) is 12.9. The Bertz CT molecular complexity index is 1580. The Labute approximate surface area is 234 Å². The third-order valence-electron chi connectivity index (χ3n) is 5.74. The van der Waals surface area contributed by atoms with Gasteiger partial charge >= 0.3 is 6.03 Å². The molecular weight excluding hydrogens is 548 g/mol. The van der Waals surface area contributed by atoms with Crippen LogP contribution in [0.25, 0.3) is 0 Å². The van der Waals surface area contributed by atoms with E-state index in [0.29, 0.717) is 33.9 Å². The highest BCUT2D eigenvalue weighted by molar-refractivity contribution is 7.92. The molecule has 2 amide bonds. The van der Waals surface area contributed by atoms with Gasteiger partial charge in [0.15, 0.2) is 0 Å². The lowest BCUT2D eigenvalue weighted by Crippen LogP contribution is -2.20. The summed E-state index contributed by atoms with van der Waals surface area (Å²) in [5.74, 6) is -0.368. The van der Waals surface area contributed by atoms with E-state index in [1.54, 1.807) is 60.7 Å². The van der Waals surface area contributed by atoms with Crippen LogP contribution in [0.3, 0.4) is 0 Å². The molecule has 0 saturated heterocycles. The van der Waals surface area contributed by atoms with Crippen LogP contribution in [0.1, 0.15) is 22.3 Å². The van der Waals surface area contributed by atoms with Gasteiger partial charge in [-0.15, -0.1) is 0 Å². The van der Waals surface area contributed by atoms with Crippen LogP contribution in [-0.4, -0.2) is 22.9 Å². The lowest BCUT2D eigenvalue weighted by Gasteiger charge is -2.12. The molecule has 4 N–H and O–H groups in total. The number of hydrogen-bond donors (Lipinski definition) is 4. The monoisotopic (exact) mass is 578 g/mol. The normalized spacial score (nSPS) is 11.4. The maximum absolute atomic E-state index is 12.6. The molecule has 0 spiro atoms. The molecule has 0 bridgehead atoms. The lowest BCUT2D eigenvalue weighted by atomic mass is 10.2. The minimum Gasteiger partial charge on any atom is -0.308 e. The van der Waals surface area contributed by atoms with Crippen molar-refractivity contribution in [3.8, 4) is 0 Å². The zero-order valence-corrected chi connectivity index (χ0v) is 23.6. The lowest BCUT2D eigenvalue weighted by molar-refractivity contribution is 0.262. The summed E-state index contributed by atoms with van der Waals surface area (Å²) >= 11 is 0. The molecule has 40 heavy (non-hydrogen) atoms. The highest BCUT2D eigenvalue weighted by atomic mass is 32.2. The first-order valence-electron chi connectivity index (χ1n) is 12.3. The molecule has 0 saturated carbocycles. The number of amides is 2. The summed E-state index contributed by atoms with van der Waals surface area (Å²) in [6, 6.07) is 26.5. The van der Waals surface area contributed by atoms with Crippen LogP contribution in [0.5, 0.6) is 0 Å². The summed E-state index contributed by atoms with van der Waals surface area (Å²) in [5, 5.41) is 5.31. The number of aryl methyl sites for hydroxylation is 2. The van der Waals surface area contributed by atoms with E-state index in [-0.39, 0.29) is 11.5 Å². The summed E-state index contributed by atoms with van der Waals surface area (Å²) in [5.41, 5.74) is 4.73. The molecule has 4 aromatic rings. The number of carbonyl (C=O) groups excluding carboxylic acids is 1. The average molecular weight is 579 g/mol. The van der Waals surface area contributed by atoms with E-state index in [2.05, 4.69) is 20.1 Å². The third-order valence-corrected chi connectivity index (χ3v) is 8.26. The Hall–Kier alpha value is -4.35.